The second kappa shape index (κ2) is 7.19. The van der Waals surface area contributed by atoms with Crippen LogP contribution in [0, 0.1) is 6.92 Å². The molecule has 32 heavy (non-hydrogen) atoms. The minimum absolute atomic E-state index is 0.850. The number of imidazole rings is 1. The van der Waals surface area contributed by atoms with Crippen LogP contribution in [0.3, 0.4) is 0 Å². The van der Waals surface area contributed by atoms with Gasteiger partial charge in [-0.25, -0.2) is 4.98 Å². The fourth-order valence-corrected chi connectivity index (χ4v) is 7.71. The van der Waals surface area contributed by atoms with Crippen LogP contribution >= 0.6 is 7.14 Å². The highest BCUT2D eigenvalue weighted by molar-refractivity contribution is 7.86. The molecule has 3 nitrogen and oxygen atoms in total. The summed E-state index contributed by atoms with van der Waals surface area (Å²) in [6.07, 6.45) is 4.18. The Kier molecular flexibility index (Phi) is 4.28. The van der Waals surface area contributed by atoms with E-state index in [-0.39, 0.29) is 0 Å². The molecular weight excluding hydrogens is 411 g/mol. The first-order chi connectivity index (χ1) is 15.7. The number of para-hydroxylation sites is 1. The quantitative estimate of drug-likeness (QED) is 0.275. The third-order valence-corrected chi connectivity index (χ3v) is 9.23. The van der Waals surface area contributed by atoms with Crippen LogP contribution in [0.5, 0.6) is 0 Å². The molecule has 1 aliphatic rings. The molecular formula is C28H21N2OP. The molecule has 1 aliphatic heterocycles. The van der Waals surface area contributed by atoms with Crippen molar-refractivity contribution in [1.29, 1.82) is 0 Å². The van der Waals surface area contributed by atoms with Crippen molar-refractivity contribution in [2.45, 2.75) is 6.92 Å². The van der Waals surface area contributed by atoms with Crippen LogP contribution in [0.2, 0.25) is 0 Å². The van der Waals surface area contributed by atoms with Gasteiger partial charge in [-0.3, -0.25) is 4.57 Å². The molecule has 0 radical (unpaired) electrons. The van der Waals surface area contributed by atoms with Crippen molar-refractivity contribution in [2.75, 3.05) is 0 Å². The Morgan fingerprint density at radius 2 is 1.47 bits per heavy atom. The van der Waals surface area contributed by atoms with E-state index in [1.54, 1.807) is 0 Å². The van der Waals surface area contributed by atoms with Crippen LogP contribution in [-0.4, -0.2) is 9.55 Å². The van der Waals surface area contributed by atoms with Crippen LogP contribution in [0.15, 0.2) is 97.1 Å². The largest absolute Gasteiger partial charge is 0.308 e. The van der Waals surface area contributed by atoms with Crippen LogP contribution < -0.4 is 15.9 Å². The molecule has 1 atom stereocenters. The Balaban J connectivity index is 1.64. The number of aryl methyl sites for hydroxylation is 1. The van der Waals surface area contributed by atoms with E-state index in [1.807, 2.05) is 73.7 Å². The van der Waals surface area contributed by atoms with Crippen LogP contribution in [-0.2, 0) is 4.57 Å². The molecule has 0 bridgehead atoms. The summed E-state index contributed by atoms with van der Waals surface area (Å²) in [5, 5.41) is 2.57. The molecule has 6 rings (SSSR count). The summed E-state index contributed by atoms with van der Waals surface area (Å²) in [4.78, 5) is 4.77. The van der Waals surface area contributed by atoms with E-state index in [2.05, 4.69) is 47.1 Å². The first-order valence-electron chi connectivity index (χ1n) is 10.7. The summed E-state index contributed by atoms with van der Waals surface area (Å²) in [6, 6.07) is 32.3. The van der Waals surface area contributed by atoms with Crippen molar-refractivity contribution in [3.8, 4) is 5.69 Å². The van der Waals surface area contributed by atoms with Gasteiger partial charge >= 0.3 is 0 Å². The normalized spacial score (nSPS) is 17.0. The van der Waals surface area contributed by atoms with E-state index in [4.69, 9.17) is 4.98 Å². The van der Waals surface area contributed by atoms with E-state index in [9.17, 15) is 0 Å². The number of aromatic nitrogens is 2. The first-order valence-corrected chi connectivity index (χ1v) is 12.4. The van der Waals surface area contributed by atoms with Gasteiger partial charge < -0.3 is 4.57 Å². The monoisotopic (exact) mass is 432 g/mol. The average molecular weight is 432 g/mol. The molecule has 0 saturated carbocycles. The molecule has 1 unspecified atom stereocenters. The Hall–Kier alpha value is -3.68. The third kappa shape index (κ3) is 2.75. The minimum Gasteiger partial charge on any atom is -0.308 e. The van der Waals surface area contributed by atoms with E-state index in [1.165, 1.54) is 0 Å². The molecule has 0 fully saturated rings. The Morgan fingerprint density at radius 1 is 0.750 bits per heavy atom. The molecule has 154 valence electrons. The van der Waals surface area contributed by atoms with Crippen molar-refractivity contribution in [3.05, 3.63) is 114 Å². The van der Waals surface area contributed by atoms with Gasteiger partial charge in [-0.05, 0) is 42.3 Å². The fourth-order valence-electron chi connectivity index (χ4n) is 4.66. The summed E-state index contributed by atoms with van der Waals surface area (Å²) < 4.78 is 17.2. The molecule has 0 aliphatic carbocycles. The minimum atomic E-state index is -3.07. The predicted molar refractivity (Wildman–Crippen MR) is 134 cm³/mol. The molecule has 2 heterocycles. The van der Waals surface area contributed by atoms with Crippen molar-refractivity contribution in [2.24, 2.45) is 0 Å². The van der Waals surface area contributed by atoms with E-state index in [0.717, 1.165) is 49.6 Å². The molecule has 5 aromatic rings. The number of rotatable bonds is 3. The Bertz CT molecular complexity index is 1550. The number of nitrogens with zero attached hydrogens (tertiary/aromatic N) is 2. The summed E-state index contributed by atoms with van der Waals surface area (Å²) in [7, 11) is -3.07. The molecule has 1 aromatic heterocycles. The number of hydrogen-bond acceptors (Lipinski definition) is 2. The zero-order valence-electron chi connectivity index (χ0n) is 17.6. The van der Waals surface area contributed by atoms with Gasteiger partial charge in [0.25, 0.3) is 0 Å². The summed E-state index contributed by atoms with van der Waals surface area (Å²) in [6.45, 7) is 2.01. The first kappa shape index (κ1) is 19.0. The summed E-state index contributed by atoms with van der Waals surface area (Å²) in [5.74, 6) is 0.903. The van der Waals surface area contributed by atoms with E-state index < -0.39 is 7.14 Å². The standard InChI is InChI=1S/C28H21N2OP/c1-20-29-24-13-8-14-26-28(24)30(20)25-18-17-22(16-15-21-9-4-2-5-10-21)19-27(25)32(26,31)23-11-6-3-7-12-23/h2-19H,1H3/b16-15+. The van der Waals surface area contributed by atoms with Gasteiger partial charge in [-0.1, -0.05) is 84.9 Å². The highest BCUT2D eigenvalue weighted by Crippen LogP contribution is 2.49. The molecule has 0 spiro atoms. The Labute approximate surface area is 187 Å². The van der Waals surface area contributed by atoms with Gasteiger partial charge in [-0.2, -0.15) is 0 Å². The zero-order chi connectivity index (χ0) is 21.7. The Morgan fingerprint density at radius 3 is 2.25 bits per heavy atom. The maximum absolute atomic E-state index is 15.0. The maximum Gasteiger partial charge on any atom is 0.175 e. The van der Waals surface area contributed by atoms with Crippen molar-refractivity contribution >= 4 is 46.2 Å². The van der Waals surface area contributed by atoms with Crippen molar-refractivity contribution in [3.63, 3.8) is 0 Å². The van der Waals surface area contributed by atoms with Crippen LogP contribution in [0.1, 0.15) is 17.0 Å². The van der Waals surface area contributed by atoms with Gasteiger partial charge in [0.1, 0.15) is 5.82 Å². The smallest absolute Gasteiger partial charge is 0.175 e. The fraction of sp³-hybridized carbons (Fsp3) is 0.0357. The number of fused-ring (bicyclic) bond motifs is 2. The number of hydrogen-bond donors (Lipinski definition) is 0. The highest BCUT2D eigenvalue weighted by Gasteiger charge is 2.39. The van der Waals surface area contributed by atoms with Gasteiger partial charge in [-0.15, -0.1) is 0 Å². The topological polar surface area (TPSA) is 34.9 Å². The zero-order valence-corrected chi connectivity index (χ0v) is 18.5. The van der Waals surface area contributed by atoms with Crippen LogP contribution in [0.4, 0.5) is 0 Å². The molecule has 0 amide bonds. The van der Waals surface area contributed by atoms with E-state index >= 15 is 4.57 Å². The van der Waals surface area contributed by atoms with Crippen molar-refractivity contribution in [1.82, 2.24) is 9.55 Å². The van der Waals surface area contributed by atoms with Crippen LogP contribution in [0.25, 0.3) is 28.9 Å². The third-order valence-electron chi connectivity index (χ3n) is 6.13. The van der Waals surface area contributed by atoms with Gasteiger partial charge in [0.05, 0.1) is 16.7 Å². The molecule has 0 saturated heterocycles. The average Bonchev–Trinajstić information content (AvgIpc) is 3.19. The summed E-state index contributed by atoms with van der Waals surface area (Å²) >= 11 is 0. The van der Waals surface area contributed by atoms with E-state index in [0.29, 0.717) is 0 Å². The SMILES string of the molecule is Cc1nc2cccc3c2n1-c1ccc(/C=C/c2ccccc2)cc1P3(=O)c1ccccc1. The molecule has 4 heteroatoms. The number of benzene rings is 4. The highest BCUT2D eigenvalue weighted by atomic mass is 31.2. The maximum atomic E-state index is 15.0. The predicted octanol–water partition coefficient (Wildman–Crippen LogP) is 5.46. The lowest BCUT2D eigenvalue weighted by Gasteiger charge is -2.29. The summed E-state index contributed by atoms with van der Waals surface area (Å²) in [5.41, 5.74) is 4.95. The lowest BCUT2D eigenvalue weighted by atomic mass is 10.1. The van der Waals surface area contributed by atoms with Gasteiger partial charge in [0.15, 0.2) is 7.14 Å². The van der Waals surface area contributed by atoms with Gasteiger partial charge in [0.2, 0.25) is 0 Å². The van der Waals surface area contributed by atoms with Gasteiger partial charge in [0, 0.05) is 15.9 Å². The lowest BCUT2D eigenvalue weighted by Crippen LogP contribution is -2.33. The molecule has 4 aromatic carbocycles. The lowest BCUT2D eigenvalue weighted by molar-refractivity contribution is 0.592. The molecule has 0 N–H and O–H groups in total. The second-order valence-corrected chi connectivity index (χ2v) is 10.8. The second-order valence-electron chi connectivity index (χ2n) is 8.08. The van der Waals surface area contributed by atoms with Crippen molar-refractivity contribution < 1.29 is 4.57 Å².